The fraction of sp³-hybridized carbons (Fsp3) is 0.364. The number of benzene rings is 1. The number of aliphatic hydroxyl groups excluding tert-OH is 1. The minimum Gasteiger partial charge on any atom is -0.463 e. The molecule has 4 atom stereocenters. The summed E-state index contributed by atoms with van der Waals surface area (Å²) in [6.45, 7) is 1.89. The van der Waals surface area contributed by atoms with Crippen LogP contribution in [0.3, 0.4) is 0 Å². The summed E-state index contributed by atoms with van der Waals surface area (Å²) < 4.78 is 5.47. The molecule has 0 unspecified atom stereocenters. The highest BCUT2D eigenvalue weighted by Gasteiger charge is 2.39. The monoisotopic (exact) mass is 411 g/mol. The smallest absolute Gasteiger partial charge is 0.252 e. The average Bonchev–Trinajstić information content (AvgIpc) is 3.40. The van der Waals surface area contributed by atoms with Crippen LogP contribution in [0.25, 0.3) is 22.4 Å². The van der Waals surface area contributed by atoms with Gasteiger partial charge >= 0.3 is 0 Å². The molecule has 0 spiro atoms. The van der Waals surface area contributed by atoms with Gasteiger partial charge in [-0.1, -0.05) is 23.7 Å². The lowest BCUT2D eigenvalue weighted by molar-refractivity contribution is 0.0462. The molecule has 0 radical (unpaired) electrons. The Morgan fingerprint density at radius 2 is 2.03 bits per heavy atom. The molecule has 1 amide bonds. The lowest BCUT2D eigenvalue weighted by Gasteiger charge is -2.35. The number of pyridine rings is 1. The number of para-hydroxylation sites is 1. The summed E-state index contributed by atoms with van der Waals surface area (Å²) in [5, 5.41) is 18.2. The Morgan fingerprint density at radius 3 is 2.83 bits per heavy atom. The zero-order valence-electron chi connectivity index (χ0n) is 15.8. The summed E-state index contributed by atoms with van der Waals surface area (Å²) in [5.41, 5.74) is 1.57. The fourth-order valence-corrected chi connectivity index (χ4v) is 4.87. The molecule has 1 saturated heterocycles. The van der Waals surface area contributed by atoms with Crippen LogP contribution in [0.5, 0.6) is 0 Å². The molecule has 3 heterocycles. The zero-order chi connectivity index (χ0) is 20.0. The van der Waals surface area contributed by atoms with Crippen molar-refractivity contribution in [1.29, 1.82) is 0 Å². The van der Waals surface area contributed by atoms with E-state index < -0.39 is 6.10 Å². The molecule has 2 fully saturated rings. The van der Waals surface area contributed by atoms with E-state index in [9.17, 15) is 9.90 Å². The first kappa shape index (κ1) is 18.6. The molecule has 29 heavy (non-hydrogen) atoms. The van der Waals surface area contributed by atoms with E-state index in [0.717, 1.165) is 19.5 Å². The van der Waals surface area contributed by atoms with Gasteiger partial charge in [0.15, 0.2) is 5.76 Å². The summed E-state index contributed by atoms with van der Waals surface area (Å²) in [7, 11) is 0. The van der Waals surface area contributed by atoms with Crippen LogP contribution < -0.4 is 10.6 Å². The van der Waals surface area contributed by atoms with Crippen molar-refractivity contribution >= 4 is 28.4 Å². The van der Waals surface area contributed by atoms with Gasteiger partial charge in [0.1, 0.15) is 5.69 Å². The first-order chi connectivity index (χ1) is 14.1. The quantitative estimate of drug-likeness (QED) is 0.616. The van der Waals surface area contributed by atoms with Crippen LogP contribution in [-0.2, 0) is 0 Å². The minimum atomic E-state index is -0.540. The Bertz CT molecular complexity index is 1050. The number of aliphatic hydroxyl groups is 1. The Labute approximate surface area is 173 Å². The average molecular weight is 412 g/mol. The van der Waals surface area contributed by atoms with Gasteiger partial charge in [-0.2, -0.15) is 0 Å². The lowest BCUT2D eigenvalue weighted by atomic mass is 9.77. The van der Waals surface area contributed by atoms with Gasteiger partial charge in [-0.05, 0) is 62.0 Å². The van der Waals surface area contributed by atoms with Crippen LogP contribution in [0.15, 0.2) is 47.1 Å². The predicted molar refractivity (Wildman–Crippen MR) is 111 cm³/mol. The summed E-state index contributed by atoms with van der Waals surface area (Å²) >= 11 is 6.37. The number of nitrogens with one attached hydrogen (secondary N) is 2. The molecular formula is C22H22ClN3O3. The number of carbonyl (C=O) groups excluding carboxylic acids is 1. The van der Waals surface area contributed by atoms with Gasteiger partial charge in [-0.15, -0.1) is 0 Å². The minimum absolute atomic E-state index is 0.235. The van der Waals surface area contributed by atoms with Crippen LogP contribution in [-0.4, -0.2) is 41.2 Å². The van der Waals surface area contributed by atoms with E-state index in [1.807, 2.05) is 6.07 Å². The van der Waals surface area contributed by atoms with Crippen LogP contribution >= 0.6 is 11.6 Å². The van der Waals surface area contributed by atoms with Gasteiger partial charge in [0.05, 0.1) is 34.5 Å². The van der Waals surface area contributed by atoms with Crippen molar-refractivity contribution in [1.82, 2.24) is 15.6 Å². The molecule has 1 aliphatic carbocycles. The topological polar surface area (TPSA) is 87.4 Å². The normalized spacial score (nSPS) is 26.4. The fourth-order valence-electron chi connectivity index (χ4n) is 4.65. The van der Waals surface area contributed by atoms with Crippen LogP contribution in [0.1, 0.15) is 23.2 Å². The molecule has 2 aliphatic rings. The highest BCUT2D eigenvalue weighted by molar-refractivity contribution is 6.35. The molecule has 3 aromatic rings. The number of fused-ring (bicyclic) bond motifs is 2. The van der Waals surface area contributed by atoms with E-state index >= 15 is 0 Å². The molecule has 1 saturated carbocycles. The van der Waals surface area contributed by atoms with Crippen molar-refractivity contribution < 1.29 is 14.3 Å². The van der Waals surface area contributed by atoms with Crippen molar-refractivity contribution in [2.45, 2.75) is 25.0 Å². The Balaban J connectivity index is 1.50. The summed E-state index contributed by atoms with van der Waals surface area (Å²) in [4.78, 5) is 17.9. The second-order valence-corrected chi connectivity index (χ2v) is 8.37. The maximum atomic E-state index is 13.3. The van der Waals surface area contributed by atoms with Gasteiger partial charge in [-0.25, -0.2) is 4.98 Å². The number of aromatic nitrogens is 1. The number of hydrogen-bond donors (Lipinski definition) is 3. The third-order valence-electron chi connectivity index (χ3n) is 6.17. The van der Waals surface area contributed by atoms with E-state index in [4.69, 9.17) is 16.0 Å². The van der Waals surface area contributed by atoms with Crippen molar-refractivity contribution in [3.8, 4) is 11.5 Å². The maximum absolute atomic E-state index is 13.3. The standard InChI is InChI=1S/C22H22ClN3O3/c23-16-4-1-3-14-15(9-18(25-21(14)16)20-5-2-6-29-20)22(28)26-17-7-12-10-24-11-13(12)8-19(17)27/h1-6,9,12-13,17,19,24,27H,7-8,10-11H2,(H,26,28)/t12-,13+,17-,19-/m0/s1. The van der Waals surface area contributed by atoms with Gasteiger partial charge < -0.3 is 20.2 Å². The summed E-state index contributed by atoms with van der Waals surface area (Å²) in [5.74, 6) is 1.31. The second-order valence-electron chi connectivity index (χ2n) is 7.97. The molecule has 1 aliphatic heterocycles. The molecular weight excluding hydrogens is 390 g/mol. The highest BCUT2D eigenvalue weighted by Crippen LogP contribution is 2.34. The number of furan rings is 1. The Kier molecular flexibility index (Phi) is 4.78. The Morgan fingerprint density at radius 1 is 1.21 bits per heavy atom. The molecule has 1 aromatic carbocycles. The van der Waals surface area contributed by atoms with Crippen LogP contribution in [0.2, 0.25) is 5.02 Å². The molecule has 7 heteroatoms. The number of amides is 1. The van der Waals surface area contributed by atoms with E-state index in [1.165, 1.54) is 0 Å². The van der Waals surface area contributed by atoms with Gasteiger partial charge in [-0.3, -0.25) is 4.79 Å². The number of carbonyl (C=O) groups is 1. The SMILES string of the molecule is O=C(N[C@H]1C[C@H]2CNC[C@H]2C[C@@H]1O)c1cc(-c2ccco2)nc2c(Cl)cccc12. The predicted octanol–water partition coefficient (Wildman–Crippen LogP) is 3.24. The third-order valence-corrected chi connectivity index (χ3v) is 6.48. The van der Waals surface area contributed by atoms with Crippen molar-refractivity contribution in [2.75, 3.05) is 13.1 Å². The summed E-state index contributed by atoms with van der Waals surface area (Å²) in [6, 6.07) is 10.4. The van der Waals surface area contributed by atoms with Crippen LogP contribution in [0, 0.1) is 11.8 Å². The maximum Gasteiger partial charge on any atom is 0.252 e. The molecule has 3 N–H and O–H groups in total. The van der Waals surface area contributed by atoms with Crippen molar-refractivity contribution in [3.63, 3.8) is 0 Å². The van der Waals surface area contributed by atoms with E-state index in [0.29, 0.717) is 51.2 Å². The Hall–Kier alpha value is -2.41. The van der Waals surface area contributed by atoms with Crippen LogP contribution in [0.4, 0.5) is 0 Å². The van der Waals surface area contributed by atoms with Crippen molar-refractivity contribution in [2.24, 2.45) is 11.8 Å². The largest absolute Gasteiger partial charge is 0.463 e. The number of halogens is 1. The molecule has 150 valence electrons. The highest BCUT2D eigenvalue weighted by atomic mass is 35.5. The van der Waals surface area contributed by atoms with Gasteiger partial charge in [0, 0.05) is 5.39 Å². The van der Waals surface area contributed by atoms with E-state index in [2.05, 4.69) is 15.6 Å². The lowest BCUT2D eigenvalue weighted by Crippen LogP contribution is -2.49. The molecule has 2 aromatic heterocycles. The second kappa shape index (κ2) is 7.44. The molecule has 0 bridgehead atoms. The first-order valence-corrected chi connectivity index (χ1v) is 10.3. The van der Waals surface area contributed by atoms with Crippen molar-refractivity contribution in [3.05, 3.63) is 53.2 Å². The third kappa shape index (κ3) is 3.41. The summed E-state index contributed by atoms with van der Waals surface area (Å²) in [6.07, 6.45) is 2.52. The first-order valence-electron chi connectivity index (χ1n) is 9.93. The zero-order valence-corrected chi connectivity index (χ0v) is 16.5. The molecule has 5 rings (SSSR count). The number of rotatable bonds is 3. The number of nitrogens with zero attached hydrogens (tertiary/aromatic N) is 1. The molecule has 6 nitrogen and oxygen atoms in total. The van der Waals surface area contributed by atoms with E-state index in [-0.39, 0.29) is 11.9 Å². The number of hydrogen-bond acceptors (Lipinski definition) is 5. The van der Waals surface area contributed by atoms with E-state index in [1.54, 1.807) is 36.6 Å². The van der Waals surface area contributed by atoms with Gasteiger partial charge in [0.2, 0.25) is 0 Å². The van der Waals surface area contributed by atoms with Gasteiger partial charge in [0.25, 0.3) is 5.91 Å².